The number of hydrogen-bond donors (Lipinski definition) is 0. The molecule has 0 unspecified atom stereocenters. The summed E-state index contributed by atoms with van der Waals surface area (Å²) in [6, 6.07) is 2.81. The summed E-state index contributed by atoms with van der Waals surface area (Å²) in [6.07, 6.45) is 3.17. The largest absolute Gasteiger partial charge is 0.433 e. The Kier molecular flexibility index (Phi) is 5.45. The molecule has 0 aliphatic rings. The Morgan fingerprint density at radius 1 is 1.12 bits per heavy atom. The summed E-state index contributed by atoms with van der Waals surface area (Å²) in [4.78, 5) is 3.34. The molecule has 17 heavy (non-hydrogen) atoms. The molecule has 0 spiro atoms. The average molecular weight is 245 g/mol. The summed E-state index contributed by atoms with van der Waals surface area (Å²) in [7, 11) is 0. The summed E-state index contributed by atoms with van der Waals surface area (Å²) in [6.45, 7) is 2.14. The lowest BCUT2D eigenvalue weighted by Gasteiger charge is -2.07. The highest BCUT2D eigenvalue weighted by Gasteiger charge is 2.32. The third kappa shape index (κ3) is 5.20. The maximum atomic E-state index is 12.4. The van der Waals surface area contributed by atoms with E-state index >= 15 is 0 Å². The van der Waals surface area contributed by atoms with Crippen molar-refractivity contribution in [1.82, 2.24) is 4.98 Å². The fourth-order valence-corrected chi connectivity index (χ4v) is 1.72. The Labute approximate surface area is 100 Å². The van der Waals surface area contributed by atoms with Gasteiger partial charge in [-0.05, 0) is 30.5 Å². The van der Waals surface area contributed by atoms with Crippen LogP contribution in [0.4, 0.5) is 13.2 Å². The quantitative estimate of drug-likeness (QED) is 0.667. The molecule has 0 bridgehead atoms. The van der Waals surface area contributed by atoms with Crippen LogP contribution in [0.1, 0.15) is 50.3 Å². The molecule has 0 aromatic carbocycles. The van der Waals surface area contributed by atoms with Crippen molar-refractivity contribution in [2.24, 2.45) is 0 Å². The number of hydrogen-bond acceptors (Lipinski definition) is 1. The number of nitrogens with zero attached hydrogens (tertiary/aromatic N) is 1. The maximum absolute atomic E-state index is 12.4. The van der Waals surface area contributed by atoms with Crippen molar-refractivity contribution >= 4 is 0 Å². The number of aryl methyl sites for hydroxylation is 1. The van der Waals surface area contributed by atoms with Crippen LogP contribution in [0.5, 0.6) is 0 Å². The van der Waals surface area contributed by atoms with Crippen molar-refractivity contribution in [2.75, 3.05) is 0 Å². The average Bonchev–Trinajstić information content (AvgIpc) is 2.28. The lowest BCUT2D eigenvalue weighted by molar-refractivity contribution is -0.141. The van der Waals surface area contributed by atoms with E-state index in [9.17, 15) is 13.2 Å². The van der Waals surface area contributed by atoms with Gasteiger partial charge in [-0.15, -0.1) is 0 Å². The minimum Gasteiger partial charge on any atom is -0.252 e. The fraction of sp³-hybridized carbons (Fsp3) is 0.615. The van der Waals surface area contributed by atoms with E-state index in [0.717, 1.165) is 30.9 Å². The van der Waals surface area contributed by atoms with Gasteiger partial charge in [0.1, 0.15) is 5.69 Å². The smallest absolute Gasteiger partial charge is 0.252 e. The van der Waals surface area contributed by atoms with Gasteiger partial charge in [-0.1, -0.05) is 32.6 Å². The highest BCUT2D eigenvalue weighted by atomic mass is 19.4. The molecular weight excluding hydrogens is 227 g/mol. The van der Waals surface area contributed by atoms with Crippen molar-refractivity contribution in [3.63, 3.8) is 0 Å². The van der Waals surface area contributed by atoms with Gasteiger partial charge in [-0.25, -0.2) is 0 Å². The van der Waals surface area contributed by atoms with Crippen LogP contribution in [-0.2, 0) is 12.6 Å². The van der Waals surface area contributed by atoms with E-state index in [1.165, 1.54) is 19.0 Å². The molecule has 0 radical (unpaired) electrons. The van der Waals surface area contributed by atoms with E-state index < -0.39 is 11.9 Å². The molecule has 0 saturated carbocycles. The van der Waals surface area contributed by atoms with Crippen LogP contribution in [-0.4, -0.2) is 4.98 Å². The summed E-state index contributed by atoms with van der Waals surface area (Å²) in [5.74, 6) is 0. The van der Waals surface area contributed by atoms with Gasteiger partial charge >= 0.3 is 6.18 Å². The summed E-state index contributed by atoms with van der Waals surface area (Å²) >= 11 is 0. The molecule has 0 atom stereocenters. The van der Waals surface area contributed by atoms with Crippen LogP contribution < -0.4 is 0 Å². The number of aromatic nitrogens is 1. The van der Waals surface area contributed by atoms with E-state index in [0.29, 0.717) is 6.42 Å². The molecule has 0 aliphatic carbocycles. The third-order valence-electron chi connectivity index (χ3n) is 2.68. The van der Waals surface area contributed by atoms with Crippen molar-refractivity contribution in [2.45, 2.75) is 51.6 Å². The van der Waals surface area contributed by atoms with Gasteiger partial charge in [0, 0.05) is 6.20 Å². The van der Waals surface area contributed by atoms with Crippen molar-refractivity contribution in [1.29, 1.82) is 0 Å². The van der Waals surface area contributed by atoms with E-state index in [-0.39, 0.29) is 0 Å². The molecule has 1 rings (SSSR count). The number of alkyl halides is 3. The van der Waals surface area contributed by atoms with E-state index in [4.69, 9.17) is 0 Å². The highest BCUT2D eigenvalue weighted by Crippen LogP contribution is 2.27. The van der Waals surface area contributed by atoms with Crippen LogP contribution in [0, 0.1) is 0 Å². The molecule has 0 aliphatic heterocycles. The molecule has 0 amide bonds. The Hall–Kier alpha value is -1.06. The molecule has 1 aromatic heterocycles. The van der Waals surface area contributed by atoms with Crippen molar-refractivity contribution < 1.29 is 13.2 Å². The number of unbranched alkanes of at least 4 members (excludes halogenated alkanes) is 4. The molecule has 1 nitrogen and oxygen atoms in total. The van der Waals surface area contributed by atoms with Gasteiger partial charge in [0.2, 0.25) is 0 Å². The third-order valence-corrected chi connectivity index (χ3v) is 2.68. The normalized spacial score (nSPS) is 11.8. The first-order valence-electron chi connectivity index (χ1n) is 6.06. The number of halogens is 3. The number of rotatable bonds is 6. The second kappa shape index (κ2) is 6.62. The molecule has 96 valence electrons. The highest BCUT2D eigenvalue weighted by molar-refractivity contribution is 5.18. The Morgan fingerprint density at radius 3 is 2.47 bits per heavy atom. The van der Waals surface area contributed by atoms with Crippen LogP contribution in [0.15, 0.2) is 18.3 Å². The van der Waals surface area contributed by atoms with Gasteiger partial charge in [0.05, 0.1) is 0 Å². The van der Waals surface area contributed by atoms with E-state index in [2.05, 4.69) is 11.9 Å². The summed E-state index contributed by atoms with van der Waals surface area (Å²) in [5, 5.41) is 0. The zero-order chi connectivity index (χ0) is 12.7. The Balaban J connectivity index is 2.44. The molecule has 0 saturated heterocycles. The second-order valence-electron chi connectivity index (χ2n) is 4.21. The first kappa shape index (κ1) is 14.0. The van der Waals surface area contributed by atoms with Crippen molar-refractivity contribution in [3.05, 3.63) is 29.6 Å². The van der Waals surface area contributed by atoms with Gasteiger partial charge in [0.15, 0.2) is 0 Å². The molecule has 0 fully saturated rings. The molecule has 1 heterocycles. The zero-order valence-electron chi connectivity index (χ0n) is 10.1. The summed E-state index contributed by atoms with van der Waals surface area (Å²) < 4.78 is 37.2. The summed E-state index contributed by atoms with van der Waals surface area (Å²) in [5.41, 5.74) is -0.0626. The number of pyridine rings is 1. The second-order valence-corrected chi connectivity index (χ2v) is 4.21. The maximum Gasteiger partial charge on any atom is 0.433 e. The minimum absolute atomic E-state index is 0.704. The van der Waals surface area contributed by atoms with Crippen LogP contribution >= 0.6 is 0 Å². The van der Waals surface area contributed by atoms with Gasteiger partial charge in [-0.2, -0.15) is 13.2 Å². The molecule has 0 N–H and O–H groups in total. The molecular formula is C13H18F3N. The molecule has 1 aromatic rings. The predicted octanol–water partition coefficient (Wildman–Crippen LogP) is 4.61. The van der Waals surface area contributed by atoms with E-state index in [1.807, 2.05) is 0 Å². The van der Waals surface area contributed by atoms with Gasteiger partial charge in [-0.3, -0.25) is 4.98 Å². The monoisotopic (exact) mass is 245 g/mol. The van der Waals surface area contributed by atoms with Gasteiger partial charge < -0.3 is 0 Å². The topological polar surface area (TPSA) is 12.9 Å². The lowest BCUT2D eigenvalue weighted by atomic mass is 10.1. The van der Waals surface area contributed by atoms with Crippen LogP contribution in [0.2, 0.25) is 0 Å². The SMILES string of the molecule is CCCCCCCc1ccnc(C(F)(F)F)c1. The van der Waals surface area contributed by atoms with Crippen LogP contribution in [0.25, 0.3) is 0 Å². The van der Waals surface area contributed by atoms with E-state index in [1.54, 1.807) is 6.07 Å². The minimum atomic E-state index is -4.34. The zero-order valence-corrected chi connectivity index (χ0v) is 10.1. The first-order valence-corrected chi connectivity index (χ1v) is 6.06. The first-order chi connectivity index (χ1) is 8.04. The Bertz CT molecular complexity index is 334. The lowest BCUT2D eigenvalue weighted by Crippen LogP contribution is -2.08. The predicted molar refractivity (Wildman–Crippen MR) is 61.7 cm³/mol. The molecule has 4 heteroatoms. The fourth-order valence-electron chi connectivity index (χ4n) is 1.72. The van der Waals surface area contributed by atoms with Crippen LogP contribution in [0.3, 0.4) is 0 Å². The Morgan fingerprint density at radius 2 is 1.82 bits per heavy atom. The van der Waals surface area contributed by atoms with Crippen molar-refractivity contribution in [3.8, 4) is 0 Å². The standard InChI is InChI=1S/C13H18F3N/c1-2-3-4-5-6-7-11-8-9-17-12(10-11)13(14,15)16/h8-10H,2-7H2,1H3. The van der Waals surface area contributed by atoms with Gasteiger partial charge in [0.25, 0.3) is 0 Å².